The minimum absolute atomic E-state index is 0.689. The Morgan fingerprint density at radius 1 is 0.806 bits per heavy atom. The molecule has 0 aliphatic carbocycles. The zero-order valence-corrected chi connectivity index (χ0v) is 17.9. The topological polar surface area (TPSA) is 37.0 Å². The normalized spacial score (nSPS) is 12.8. The molecule has 0 unspecified atom stereocenters. The van der Waals surface area contributed by atoms with Crippen LogP contribution in [-0.2, 0) is 0 Å². The van der Waals surface area contributed by atoms with Crippen LogP contribution in [0.15, 0.2) is 96.6 Å². The van der Waals surface area contributed by atoms with Crippen LogP contribution in [0.25, 0.3) is 28.2 Å². The number of nitrogens with zero attached hydrogens (tertiary/aromatic N) is 1. The first-order chi connectivity index (χ1) is 15.2. The maximum Gasteiger partial charge on any atom is 0.0745 e. The lowest BCUT2D eigenvalue weighted by Crippen LogP contribution is -2.16. The predicted octanol–water partition coefficient (Wildman–Crippen LogP) is 7.34. The highest BCUT2D eigenvalue weighted by atomic mass is 35.5. The number of fused-ring (bicyclic) bond motifs is 1. The zero-order chi connectivity index (χ0) is 21.2. The molecule has 5 rings (SSSR count). The summed E-state index contributed by atoms with van der Waals surface area (Å²) >= 11 is 6.51. The zero-order valence-electron chi connectivity index (χ0n) is 17.2. The Morgan fingerprint density at radius 2 is 1.48 bits per heavy atom. The number of aromatic nitrogens is 1. The van der Waals surface area contributed by atoms with Crippen molar-refractivity contribution in [1.29, 1.82) is 0 Å². The second-order valence-electron chi connectivity index (χ2n) is 7.65. The lowest BCUT2D eigenvalue weighted by Gasteiger charge is -2.24. The summed E-state index contributed by atoms with van der Waals surface area (Å²) in [4.78, 5) is 4.94. The summed E-state index contributed by atoms with van der Waals surface area (Å²) in [5, 5.41) is 7.85. The Morgan fingerprint density at radius 3 is 2.29 bits per heavy atom. The van der Waals surface area contributed by atoms with Crippen molar-refractivity contribution in [2.45, 2.75) is 6.92 Å². The van der Waals surface area contributed by atoms with Crippen molar-refractivity contribution in [3.8, 4) is 22.5 Å². The van der Waals surface area contributed by atoms with Crippen LogP contribution in [0.4, 0.5) is 11.4 Å². The average Bonchev–Trinajstić information content (AvgIpc) is 2.82. The number of pyridine rings is 1. The van der Waals surface area contributed by atoms with Crippen molar-refractivity contribution >= 4 is 28.7 Å². The molecule has 2 heterocycles. The van der Waals surface area contributed by atoms with Gasteiger partial charge in [0.15, 0.2) is 0 Å². The van der Waals surface area contributed by atoms with Crippen molar-refractivity contribution in [2.24, 2.45) is 0 Å². The first-order valence-electron chi connectivity index (χ1n) is 10.3. The molecule has 0 saturated carbocycles. The van der Waals surface area contributed by atoms with Crippen LogP contribution in [0, 0.1) is 0 Å². The third kappa shape index (κ3) is 3.92. The molecule has 3 nitrogen and oxygen atoms in total. The van der Waals surface area contributed by atoms with Crippen LogP contribution >= 0.6 is 11.6 Å². The first-order valence-corrected chi connectivity index (χ1v) is 10.7. The summed E-state index contributed by atoms with van der Waals surface area (Å²) < 4.78 is 0. The number of hydrogen-bond donors (Lipinski definition) is 2. The van der Waals surface area contributed by atoms with Crippen LogP contribution < -0.4 is 10.6 Å². The number of nitrogens with one attached hydrogen (secondary N) is 2. The van der Waals surface area contributed by atoms with Crippen molar-refractivity contribution in [1.82, 2.24) is 4.98 Å². The number of para-hydroxylation sites is 1. The van der Waals surface area contributed by atoms with E-state index in [4.69, 9.17) is 16.6 Å². The van der Waals surface area contributed by atoms with Gasteiger partial charge in [0.25, 0.3) is 0 Å². The van der Waals surface area contributed by atoms with Crippen LogP contribution in [0.5, 0.6) is 0 Å². The van der Waals surface area contributed by atoms with Crippen molar-refractivity contribution in [2.75, 3.05) is 17.2 Å². The third-order valence-electron chi connectivity index (χ3n) is 5.48. The molecule has 0 bridgehead atoms. The highest BCUT2D eigenvalue weighted by Crippen LogP contribution is 2.35. The molecule has 0 saturated heterocycles. The molecule has 1 aliphatic heterocycles. The highest BCUT2D eigenvalue weighted by Gasteiger charge is 2.17. The van der Waals surface area contributed by atoms with Gasteiger partial charge < -0.3 is 10.6 Å². The van der Waals surface area contributed by atoms with E-state index in [1.54, 1.807) is 0 Å². The summed E-state index contributed by atoms with van der Waals surface area (Å²) in [6.07, 6.45) is 0. The second-order valence-corrected chi connectivity index (χ2v) is 8.06. The fourth-order valence-electron chi connectivity index (χ4n) is 3.89. The molecule has 0 atom stereocenters. The molecule has 2 N–H and O–H groups in total. The fraction of sp³-hybridized carbons (Fsp3) is 0.0741. The Bertz CT molecular complexity index is 1280. The van der Waals surface area contributed by atoms with Crippen LogP contribution in [-0.4, -0.2) is 11.5 Å². The van der Waals surface area contributed by atoms with Crippen molar-refractivity contribution < 1.29 is 0 Å². The van der Waals surface area contributed by atoms with Gasteiger partial charge in [-0.1, -0.05) is 78.3 Å². The number of hydrogen-bond acceptors (Lipinski definition) is 3. The van der Waals surface area contributed by atoms with E-state index < -0.39 is 0 Å². The lowest BCUT2D eigenvalue weighted by atomic mass is 10.0. The highest BCUT2D eigenvalue weighted by molar-refractivity contribution is 6.33. The SMILES string of the molecule is CC1=C(Nc2cc(-c3ccccc3)nc(-c3ccccc3Cl)c2)c2ccccc2NC1. The van der Waals surface area contributed by atoms with Gasteiger partial charge in [-0.25, -0.2) is 4.98 Å². The molecule has 152 valence electrons. The van der Waals surface area contributed by atoms with Gasteiger partial charge in [-0.3, -0.25) is 0 Å². The third-order valence-corrected chi connectivity index (χ3v) is 5.81. The molecule has 0 radical (unpaired) electrons. The lowest BCUT2D eigenvalue weighted by molar-refractivity contribution is 1.17. The van der Waals surface area contributed by atoms with E-state index >= 15 is 0 Å². The number of benzene rings is 3. The van der Waals surface area contributed by atoms with Gasteiger partial charge in [0.1, 0.15) is 0 Å². The summed E-state index contributed by atoms with van der Waals surface area (Å²) in [5.41, 5.74) is 9.41. The van der Waals surface area contributed by atoms with E-state index in [0.29, 0.717) is 5.02 Å². The smallest absolute Gasteiger partial charge is 0.0745 e. The fourth-order valence-corrected chi connectivity index (χ4v) is 4.12. The van der Waals surface area contributed by atoms with Gasteiger partial charge in [0.05, 0.1) is 11.4 Å². The van der Waals surface area contributed by atoms with E-state index in [2.05, 4.69) is 66.1 Å². The largest absolute Gasteiger partial charge is 0.381 e. The van der Waals surface area contributed by atoms with Gasteiger partial charge in [0.2, 0.25) is 0 Å². The Kier molecular flexibility index (Phi) is 5.19. The molecular formula is C27H22ClN3. The van der Waals surface area contributed by atoms with E-state index in [-0.39, 0.29) is 0 Å². The molecule has 0 spiro atoms. The number of anilines is 2. The Hall–Kier alpha value is -3.56. The first kappa shape index (κ1) is 19.4. The molecule has 31 heavy (non-hydrogen) atoms. The number of halogens is 1. The molecule has 4 aromatic rings. The Labute approximate surface area is 187 Å². The van der Waals surface area contributed by atoms with E-state index in [9.17, 15) is 0 Å². The molecule has 3 aromatic carbocycles. The maximum absolute atomic E-state index is 6.51. The summed E-state index contributed by atoms with van der Waals surface area (Å²) in [6, 6.07) is 30.6. The second kappa shape index (κ2) is 8.29. The van der Waals surface area contributed by atoms with Gasteiger partial charge in [-0.15, -0.1) is 0 Å². The summed E-state index contributed by atoms with van der Waals surface area (Å²) in [7, 11) is 0. The molecule has 1 aromatic heterocycles. The number of rotatable bonds is 4. The van der Waals surface area contributed by atoms with Crippen molar-refractivity contribution in [3.05, 3.63) is 107 Å². The van der Waals surface area contributed by atoms with Crippen LogP contribution in [0.2, 0.25) is 5.02 Å². The summed E-state index contributed by atoms with van der Waals surface area (Å²) in [5.74, 6) is 0. The van der Waals surface area contributed by atoms with Gasteiger partial charge in [-0.2, -0.15) is 0 Å². The molecule has 0 amide bonds. The molecule has 4 heteroatoms. The van der Waals surface area contributed by atoms with Crippen LogP contribution in [0.3, 0.4) is 0 Å². The van der Waals surface area contributed by atoms with E-state index in [1.165, 1.54) is 11.1 Å². The molecular weight excluding hydrogens is 402 g/mol. The van der Waals surface area contributed by atoms with Gasteiger partial charge in [0, 0.05) is 45.3 Å². The Balaban J connectivity index is 1.63. The van der Waals surface area contributed by atoms with E-state index in [0.717, 1.165) is 46.1 Å². The van der Waals surface area contributed by atoms with Crippen molar-refractivity contribution in [3.63, 3.8) is 0 Å². The van der Waals surface area contributed by atoms with Crippen LogP contribution in [0.1, 0.15) is 12.5 Å². The quantitative estimate of drug-likeness (QED) is 0.360. The van der Waals surface area contributed by atoms with E-state index in [1.807, 2.05) is 42.5 Å². The predicted molar refractivity (Wildman–Crippen MR) is 131 cm³/mol. The average molecular weight is 424 g/mol. The monoisotopic (exact) mass is 423 g/mol. The van der Waals surface area contributed by atoms with Gasteiger partial charge in [-0.05, 0) is 36.8 Å². The minimum atomic E-state index is 0.689. The molecule has 1 aliphatic rings. The summed E-state index contributed by atoms with van der Waals surface area (Å²) in [6.45, 7) is 2.97. The molecule has 0 fully saturated rings. The minimum Gasteiger partial charge on any atom is -0.381 e. The standard InChI is InChI=1S/C27H22ClN3/c1-18-17-29-24-14-8-6-12-22(24)27(18)30-20-15-25(19-9-3-2-4-10-19)31-26(16-20)21-11-5-7-13-23(21)28/h2-16,29H,17H2,1H3,(H,30,31). The maximum atomic E-state index is 6.51. The van der Waals surface area contributed by atoms with Gasteiger partial charge >= 0.3 is 0 Å².